The van der Waals surface area contributed by atoms with Crippen molar-refractivity contribution in [3.05, 3.63) is 65.1 Å². The van der Waals surface area contributed by atoms with Crippen LogP contribution in [0.1, 0.15) is 5.69 Å². The fraction of sp³-hybridized carbons (Fsp3) is 0.333. The summed E-state index contributed by atoms with van der Waals surface area (Å²) < 4.78 is 1.53. The number of aryl methyl sites for hydroxylation is 1. The summed E-state index contributed by atoms with van der Waals surface area (Å²) in [5.74, 6) is 0.759. The number of aromatic nitrogens is 4. The molecule has 1 fully saturated rings. The first-order valence-corrected chi connectivity index (χ1v) is 10.3. The van der Waals surface area contributed by atoms with Crippen LogP contribution in [0, 0.1) is 6.92 Å². The molecule has 3 aromatic rings. The number of piperazine rings is 1. The maximum absolute atomic E-state index is 12.4. The average Bonchev–Trinajstić information content (AvgIpc) is 3.13. The molecule has 1 aliphatic rings. The van der Waals surface area contributed by atoms with Crippen LogP contribution in [0.3, 0.4) is 0 Å². The smallest absolute Gasteiger partial charge is 0.330 e. The number of para-hydroxylation sites is 2. The van der Waals surface area contributed by atoms with Crippen LogP contribution in [0.5, 0.6) is 0 Å². The highest BCUT2D eigenvalue weighted by Gasteiger charge is 2.18. The second-order valence-corrected chi connectivity index (χ2v) is 7.35. The molecule has 0 bridgehead atoms. The monoisotopic (exact) mass is 422 g/mol. The van der Waals surface area contributed by atoms with Gasteiger partial charge in [-0.2, -0.15) is 0 Å². The Bertz CT molecular complexity index is 1070. The van der Waals surface area contributed by atoms with Gasteiger partial charge in [0.15, 0.2) is 0 Å². The molecule has 162 valence electrons. The maximum atomic E-state index is 12.4. The largest absolute Gasteiger partial charge is 0.338 e. The van der Waals surface area contributed by atoms with Crippen molar-refractivity contribution in [3.63, 3.8) is 0 Å². The summed E-state index contributed by atoms with van der Waals surface area (Å²) in [5.41, 5.74) is 1.72. The lowest BCUT2D eigenvalue weighted by molar-refractivity contribution is 0.240. The van der Waals surface area contributed by atoms with Crippen molar-refractivity contribution < 1.29 is 4.79 Å². The van der Waals surface area contributed by atoms with Crippen molar-refractivity contribution >= 4 is 17.7 Å². The predicted octanol–water partition coefficient (Wildman–Crippen LogP) is 1.21. The molecule has 2 amide bonds. The molecule has 3 N–H and O–H groups in total. The Morgan fingerprint density at radius 3 is 2.55 bits per heavy atom. The van der Waals surface area contributed by atoms with Gasteiger partial charge in [-0.15, -0.1) is 0 Å². The van der Waals surface area contributed by atoms with Crippen LogP contribution in [-0.4, -0.2) is 69.7 Å². The number of anilines is 2. The third-order valence-electron chi connectivity index (χ3n) is 5.27. The molecule has 0 radical (unpaired) electrons. The Balaban J connectivity index is 1.26. The van der Waals surface area contributed by atoms with Crippen LogP contribution in [0.4, 0.5) is 16.4 Å². The fourth-order valence-electron chi connectivity index (χ4n) is 3.65. The second kappa shape index (κ2) is 9.43. The van der Waals surface area contributed by atoms with E-state index in [0.717, 1.165) is 44.4 Å². The Morgan fingerprint density at radius 2 is 1.84 bits per heavy atom. The number of urea groups is 1. The van der Waals surface area contributed by atoms with Crippen molar-refractivity contribution in [2.45, 2.75) is 6.92 Å². The zero-order chi connectivity index (χ0) is 21.6. The van der Waals surface area contributed by atoms with Gasteiger partial charge in [0.2, 0.25) is 5.95 Å². The molecule has 0 unspecified atom stereocenters. The third-order valence-corrected chi connectivity index (χ3v) is 5.27. The van der Waals surface area contributed by atoms with Crippen molar-refractivity contribution in [2.75, 3.05) is 49.5 Å². The lowest BCUT2D eigenvalue weighted by Gasteiger charge is -2.34. The zero-order valence-corrected chi connectivity index (χ0v) is 17.4. The fourth-order valence-corrected chi connectivity index (χ4v) is 3.65. The van der Waals surface area contributed by atoms with E-state index >= 15 is 0 Å². The quantitative estimate of drug-likeness (QED) is 0.551. The predicted molar refractivity (Wildman–Crippen MR) is 119 cm³/mol. The van der Waals surface area contributed by atoms with Crippen LogP contribution in [0.2, 0.25) is 0 Å². The van der Waals surface area contributed by atoms with Crippen molar-refractivity contribution in [2.24, 2.45) is 0 Å². The van der Waals surface area contributed by atoms with Gasteiger partial charge in [-0.3, -0.25) is 9.47 Å². The molecule has 0 saturated carbocycles. The summed E-state index contributed by atoms with van der Waals surface area (Å²) in [4.78, 5) is 40.2. The van der Waals surface area contributed by atoms with E-state index in [0.29, 0.717) is 17.9 Å². The number of carbonyl (C=O) groups is 1. The van der Waals surface area contributed by atoms with E-state index in [1.165, 1.54) is 4.57 Å². The van der Waals surface area contributed by atoms with Crippen LogP contribution < -0.4 is 21.2 Å². The Hall–Kier alpha value is -3.66. The topological polar surface area (TPSA) is 111 Å². The number of hydrogen-bond acceptors (Lipinski definition) is 6. The molecule has 1 saturated heterocycles. The summed E-state index contributed by atoms with van der Waals surface area (Å²) in [5, 5.41) is 5.75. The highest BCUT2D eigenvalue weighted by Crippen LogP contribution is 2.19. The molecule has 10 heteroatoms. The molecule has 10 nitrogen and oxygen atoms in total. The molecule has 1 aromatic carbocycles. The lowest BCUT2D eigenvalue weighted by atomic mass is 10.2. The first-order valence-electron chi connectivity index (χ1n) is 10.3. The van der Waals surface area contributed by atoms with Gasteiger partial charge in [0.25, 0.3) is 0 Å². The number of amides is 2. The highest BCUT2D eigenvalue weighted by atomic mass is 16.2. The van der Waals surface area contributed by atoms with Crippen molar-refractivity contribution in [3.8, 4) is 5.69 Å². The van der Waals surface area contributed by atoms with Crippen LogP contribution in [0.25, 0.3) is 5.69 Å². The molecule has 4 rings (SSSR count). The molecule has 2 aromatic heterocycles. The summed E-state index contributed by atoms with van der Waals surface area (Å²) in [6.45, 7) is 6.61. The summed E-state index contributed by atoms with van der Waals surface area (Å²) in [6.07, 6.45) is 5.15. The first-order chi connectivity index (χ1) is 15.1. The minimum atomic E-state index is -0.301. The van der Waals surface area contributed by atoms with E-state index in [-0.39, 0.29) is 11.7 Å². The SMILES string of the molecule is Cc1c[nH]c(=O)n1-c1ccccc1NC(=O)NCCN1CCN(c2ncccn2)CC1. The van der Waals surface area contributed by atoms with E-state index in [9.17, 15) is 9.59 Å². The van der Waals surface area contributed by atoms with E-state index < -0.39 is 0 Å². The molecule has 31 heavy (non-hydrogen) atoms. The molecule has 0 atom stereocenters. The number of nitrogens with zero attached hydrogens (tertiary/aromatic N) is 5. The Morgan fingerprint density at radius 1 is 1.10 bits per heavy atom. The Kier molecular flexibility index (Phi) is 6.27. The van der Waals surface area contributed by atoms with Crippen molar-refractivity contribution in [1.29, 1.82) is 0 Å². The Labute approximate surface area is 179 Å². The maximum Gasteiger partial charge on any atom is 0.330 e. The van der Waals surface area contributed by atoms with Crippen LogP contribution in [-0.2, 0) is 0 Å². The van der Waals surface area contributed by atoms with Gasteiger partial charge >= 0.3 is 11.7 Å². The van der Waals surface area contributed by atoms with Crippen LogP contribution >= 0.6 is 0 Å². The summed E-state index contributed by atoms with van der Waals surface area (Å²) in [7, 11) is 0. The molecule has 1 aliphatic heterocycles. The van der Waals surface area contributed by atoms with E-state index in [2.05, 4.69) is 35.4 Å². The van der Waals surface area contributed by atoms with Gasteiger partial charge in [0.05, 0.1) is 11.4 Å². The summed E-state index contributed by atoms with van der Waals surface area (Å²) in [6, 6.07) is 8.74. The van der Waals surface area contributed by atoms with Gasteiger partial charge in [-0.1, -0.05) is 12.1 Å². The minimum absolute atomic E-state index is 0.243. The van der Waals surface area contributed by atoms with E-state index in [4.69, 9.17) is 0 Å². The number of imidazole rings is 1. The zero-order valence-electron chi connectivity index (χ0n) is 17.4. The van der Waals surface area contributed by atoms with E-state index in [1.54, 1.807) is 30.7 Å². The van der Waals surface area contributed by atoms with Gasteiger partial charge in [-0.05, 0) is 25.1 Å². The van der Waals surface area contributed by atoms with E-state index in [1.807, 2.05) is 25.1 Å². The normalized spacial score (nSPS) is 14.4. The second-order valence-electron chi connectivity index (χ2n) is 7.35. The molecule has 3 heterocycles. The number of hydrogen-bond donors (Lipinski definition) is 3. The number of rotatable bonds is 6. The van der Waals surface area contributed by atoms with Crippen LogP contribution in [0.15, 0.2) is 53.7 Å². The van der Waals surface area contributed by atoms with Crippen molar-refractivity contribution in [1.82, 2.24) is 29.7 Å². The highest BCUT2D eigenvalue weighted by molar-refractivity contribution is 5.91. The number of carbonyl (C=O) groups excluding carboxylic acids is 1. The molecule has 0 aliphatic carbocycles. The first kappa shape index (κ1) is 20.6. The van der Waals surface area contributed by atoms with Gasteiger partial charge in [0.1, 0.15) is 0 Å². The third kappa shape index (κ3) is 4.92. The average molecular weight is 422 g/mol. The number of nitrogens with one attached hydrogen (secondary N) is 3. The minimum Gasteiger partial charge on any atom is -0.338 e. The molecular formula is C21H26N8O2. The standard InChI is InChI=1S/C21H26N8O2/c1-16-15-25-21(31)29(16)18-6-3-2-5-17(18)26-20(30)24-9-10-27-11-13-28(14-12-27)19-22-7-4-8-23-19/h2-8,15H,9-14H2,1H3,(H,25,31)(H2,24,26,30). The van der Waals surface area contributed by atoms with Gasteiger partial charge < -0.3 is 20.5 Å². The van der Waals surface area contributed by atoms with Gasteiger partial charge in [0, 0.05) is 63.6 Å². The number of benzene rings is 1. The number of aromatic amines is 1. The lowest BCUT2D eigenvalue weighted by Crippen LogP contribution is -2.49. The van der Waals surface area contributed by atoms with Gasteiger partial charge in [-0.25, -0.2) is 19.6 Å². The summed E-state index contributed by atoms with van der Waals surface area (Å²) >= 11 is 0. The molecule has 0 spiro atoms. The number of H-pyrrole nitrogens is 1. The molecular weight excluding hydrogens is 396 g/mol.